The summed E-state index contributed by atoms with van der Waals surface area (Å²) in [6.07, 6.45) is 6.79. The number of aliphatic hydroxyl groups is 1. The minimum absolute atomic E-state index is 0.0456. The Labute approximate surface area is 133 Å². The van der Waals surface area contributed by atoms with E-state index in [4.69, 9.17) is 0 Å². The summed E-state index contributed by atoms with van der Waals surface area (Å²) in [5.41, 5.74) is 2.05. The van der Waals surface area contributed by atoms with Crippen molar-refractivity contribution in [3.63, 3.8) is 0 Å². The number of hydrogen-bond acceptors (Lipinski definition) is 3. The zero-order valence-corrected chi connectivity index (χ0v) is 13.5. The van der Waals surface area contributed by atoms with Gasteiger partial charge in [0.15, 0.2) is 0 Å². The van der Waals surface area contributed by atoms with Crippen LogP contribution in [0.4, 0.5) is 5.69 Å². The third kappa shape index (κ3) is 5.78. The summed E-state index contributed by atoms with van der Waals surface area (Å²) in [6.45, 7) is 3.34. The van der Waals surface area contributed by atoms with Crippen LogP contribution in [0.5, 0.6) is 0 Å². The van der Waals surface area contributed by atoms with Crippen LogP contribution in [-0.4, -0.2) is 23.7 Å². The molecular weight excluding hydrogens is 276 g/mol. The number of hydrogen-bond donors (Lipinski definition) is 3. The Bertz CT molecular complexity index is 459. The molecule has 1 fully saturated rings. The predicted molar refractivity (Wildman–Crippen MR) is 89.7 cm³/mol. The minimum Gasteiger partial charge on any atom is -0.393 e. The maximum atomic E-state index is 11.0. The number of anilines is 1. The number of carbonyl (C=O) groups is 1. The number of rotatable bonds is 7. The molecule has 2 unspecified atom stereocenters. The first-order valence-electron chi connectivity index (χ1n) is 8.40. The number of carbonyl (C=O) groups excluding carboxylic acids is 1. The smallest absolute Gasteiger partial charge is 0.221 e. The summed E-state index contributed by atoms with van der Waals surface area (Å²) >= 11 is 0. The monoisotopic (exact) mass is 304 g/mol. The second-order valence-corrected chi connectivity index (χ2v) is 6.31. The highest BCUT2D eigenvalue weighted by atomic mass is 16.3. The average molecular weight is 304 g/mol. The van der Waals surface area contributed by atoms with Crippen molar-refractivity contribution in [3.8, 4) is 0 Å². The van der Waals surface area contributed by atoms with Gasteiger partial charge in [0.05, 0.1) is 6.10 Å². The SMILES string of the molecule is CC(=O)Nc1ccc(CNCCCC2CCCCC2O)cc1. The van der Waals surface area contributed by atoms with E-state index in [9.17, 15) is 9.90 Å². The molecule has 22 heavy (non-hydrogen) atoms. The van der Waals surface area contributed by atoms with E-state index in [0.717, 1.165) is 38.0 Å². The third-order valence-electron chi connectivity index (χ3n) is 4.40. The van der Waals surface area contributed by atoms with Crippen LogP contribution in [0.1, 0.15) is 51.0 Å². The van der Waals surface area contributed by atoms with Crippen LogP contribution in [0.3, 0.4) is 0 Å². The fourth-order valence-electron chi connectivity index (χ4n) is 3.16. The van der Waals surface area contributed by atoms with E-state index in [1.165, 1.54) is 31.7 Å². The maximum Gasteiger partial charge on any atom is 0.221 e. The predicted octanol–water partition coefficient (Wildman–Crippen LogP) is 3.07. The van der Waals surface area contributed by atoms with Gasteiger partial charge in [-0.1, -0.05) is 25.0 Å². The van der Waals surface area contributed by atoms with Crippen molar-refractivity contribution in [1.82, 2.24) is 5.32 Å². The number of aliphatic hydroxyl groups excluding tert-OH is 1. The molecular formula is C18H28N2O2. The topological polar surface area (TPSA) is 61.4 Å². The molecule has 4 nitrogen and oxygen atoms in total. The molecule has 0 aliphatic heterocycles. The first-order chi connectivity index (χ1) is 10.6. The van der Waals surface area contributed by atoms with Crippen molar-refractivity contribution in [1.29, 1.82) is 0 Å². The number of nitrogens with one attached hydrogen (secondary N) is 2. The molecule has 0 aromatic heterocycles. The summed E-state index contributed by atoms with van der Waals surface area (Å²) in [6, 6.07) is 7.92. The van der Waals surface area contributed by atoms with Gasteiger partial charge in [-0.05, 0) is 55.8 Å². The standard InChI is InChI=1S/C18H28N2O2/c1-14(21)20-17-10-8-15(9-11-17)13-19-12-4-6-16-5-2-3-7-18(16)22/h8-11,16,18-19,22H,2-7,12-13H2,1H3,(H,20,21). The van der Waals surface area contributed by atoms with Crippen molar-refractivity contribution in [3.05, 3.63) is 29.8 Å². The number of amides is 1. The van der Waals surface area contributed by atoms with Crippen LogP contribution in [-0.2, 0) is 11.3 Å². The van der Waals surface area contributed by atoms with Crippen LogP contribution < -0.4 is 10.6 Å². The summed E-state index contributed by atoms with van der Waals surface area (Å²) in [5.74, 6) is 0.461. The van der Waals surface area contributed by atoms with Crippen molar-refractivity contribution < 1.29 is 9.90 Å². The lowest BCUT2D eigenvalue weighted by molar-refractivity contribution is -0.114. The molecule has 0 saturated heterocycles. The largest absolute Gasteiger partial charge is 0.393 e. The van der Waals surface area contributed by atoms with Gasteiger partial charge in [-0.15, -0.1) is 0 Å². The molecule has 1 saturated carbocycles. The molecule has 2 atom stereocenters. The first kappa shape index (κ1) is 17.0. The molecule has 1 aliphatic carbocycles. The second-order valence-electron chi connectivity index (χ2n) is 6.31. The van der Waals surface area contributed by atoms with E-state index >= 15 is 0 Å². The molecule has 3 N–H and O–H groups in total. The van der Waals surface area contributed by atoms with Crippen LogP contribution in [0, 0.1) is 5.92 Å². The highest BCUT2D eigenvalue weighted by Crippen LogP contribution is 2.27. The summed E-state index contributed by atoms with van der Waals surface area (Å²) in [5, 5.41) is 16.2. The van der Waals surface area contributed by atoms with Crippen LogP contribution in [0.25, 0.3) is 0 Å². The normalized spacial score (nSPS) is 21.5. The van der Waals surface area contributed by atoms with Crippen LogP contribution in [0.15, 0.2) is 24.3 Å². The van der Waals surface area contributed by atoms with E-state index in [1.807, 2.05) is 24.3 Å². The van der Waals surface area contributed by atoms with Gasteiger partial charge in [0, 0.05) is 19.2 Å². The van der Waals surface area contributed by atoms with Gasteiger partial charge < -0.3 is 15.7 Å². The highest BCUT2D eigenvalue weighted by Gasteiger charge is 2.21. The molecule has 1 amide bonds. The molecule has 1 aromatic rings. The number of benzene rings is 1. The molecule has 0 radical (unpaired) electrons. The van der Waals surface area contributed by atoms with Crippen molar-refractivity contribution in [2.24, 2.45) is 5.92 Å². The molecule has 1 aromatic carbocycles. The first-order valence-corrected chi connectivity index (χ1v) is 8.40. The summed E-state index contributed by atoms with van der Waals surface area (Å²) in [4.78, 5) is 11.0. The third-order valence-corrected chi connectivity index (χ3v) is 4.40. The Hall–Kier alpha value is -1.39. The molecule has 2 rings (SSSR count). The van der Waals surface area contributed by atoms with Gasteiger partial charge in [0.1, 0.15) is 0 Å². The summed E-state index contributed by atoms with van der Waals surface area (Å²) < 4.78 is 0. The quantitative estimate of drug-likeness (QED) is 0.678. The van der Waals surface area contributed by atoms with Gasteiger partial charge in [-0.25, -0.2) is 0 Å². The van der Waals surface area contributed by atoms with E-state index in [0.29, 0.717) is 5.92 Å². The van der Waals surface area contributed by atoms with E-state index in [-0.39, 0.29) is 12.0 Å². The maximum absolute atomic E-state index is 11.0. The second kappa shape index (κ2) is 8.91. The average Bonchev–Trinajstić information content (AvgIpc) is 2.50. The van der Waals surface area contributed by atoms with Gasteiger partial charge in [-0.2, -0.15) is 0 Å². The lowest BCUT2D eigenvalue weighted by Gasteiger charge is -2.27. The van der Waals surface area contributed by atoms with Crippen LogP contribution >= 0.6 is 0 Å². The van der Waals surface area contributed by atoms with Crippen molar-refractivity contribution in [2.45, 2.75) is 58.1 Å². The fourth-order valence-corrected chi connectivity index (χ4v) is 3.16. The zero-order chi connectivity index (χ0) is 15.8. The lowest BCUT2D eigenvalue weighted by atomic mass is 9.83. The lowest BCUT2D eigenvalue weighted by Crippen LogP contribution is -2.25. The highest BCUT2D eigenvalue weighted by molar-refractivity contribution is 5.88. The summed E-state index contributed by atoms with van der Waals surface area (Å²) in [7, 11) is 0. The molecule has 4 heteroatoms. The van der Waals surface area contributed by atoms with Crippen molar-refractivity contribution >= 4 is 11.6 Å². The van der Waals surface area contributed by atoms with E-state index in [1.54, 1.807) is 0 Å². The van der Waals surface area contributed by atoms with Gasteiger partial charge in [0.25, 0.3) is 0 Å². The van der Waals surface area contributed by atoms with Crippen LogP contribution in [0.2, 0.25) is 0 Å². The van der Waals surface area contributed by atoms with Gasteiger partial charge in [-0.3, -0.25) is 4.79 Å². The Morgan fingerprint density at radius 3 is 2.64 bits per heavy atom. The van der Waals surface area contributed by atoms with Gasteiger partial charge in [0.2, 0.25) is 5.91 Å². The van der Waals surface area contributed by atoms with Crippen molar-refractivity contribution in [2.75, 3.05) is 11.9 Å². The van der Waals surface area contributed by atoms with E-state index < -0.39 is 0 Å². The molecule has 0 spiro atoms. The van der Waals surface area contributed by atoms with Gasteiger partial charge >= 0.3 is 0 Å². The molecule has 0 bridgehead atoms. The fraction of sp³-hybridized carbons (Fsp3) is 0.611. The Morgan fingerprint density at radius 2 is 1.95 bits per heavy atom. The molecule has 0 heterocycles. The Balaban J connectivity index is 1.61. The Morgan fingerprint density at radius 1 is 1.23 bits per heavy atom. The Kier molecular flexibility index (Phi) is 6.87. The van der Waals surface area contributed by atoms with E-state index in [2.05, 4.69) is 10.6 Å². The molecule has 1 aliphatic rings. The minimum atomic E-state index is -0.0740. The zero-order valence-electron chi connectivity index (χ0n) is 13.5. The molecule has 122 valence electrons.